The number of nitrogens with one attached hydrogen (secondary N) is 1. The Morgan fingerprint density at radius 3 is 2.27 bits per heavy atom. The van der Waals surface area contributed by atoms with Gasteiger partial charge in [0.15, 0.2) is 0 Å². The van der Waals surface area contributed by atoms with Crippen LogP contribution in [0.25, 0.3) is 6.08 Å². The zero-order chi connectivity index (χ0) is 28.1. The number of halogens is 2. The Kier molecular flexibility index (Phi) is 8.28. The van der Waals surface area contributed by atoms with Gasteiger partial charge >= 0.3 is 6.03 Å². The second-order valence-electron chi connectivity index (χ2n) is 8.82. The molecule has 1 heterocycles. The molecule has 9 heteroatoms. The molecule has 4 aromatic rings. The molecule has 0 saturated carbocycles. The Hall–Kier alpha value is -4.40. The predicted octanol–water partition coefficient (Wildman–Crippen LogP) is 6.93. The highest BCUT2D eigenvalue weighted by Crippen LogP contribution is 2.27. The number of urea groups is 1. The first-order valence-electron chi connectivity index (χ1n) is 12.2. The van der Waals surface area contributed by atoms with Crippen LogP contribution < -0.4 is 19.7 Å². The number of hydrogen-bond donors (Lipinski definition) is 1. The van der Waals surface area contributed by atoms with E-state index in [-0.39, 0.29) is 12.2 Å². The maximum Gasteiger partial charge on any atom is 0.335 e. The van der Waals surface area contributed by atoms with E-state index in [9.17, 15) is 14.4 Å². The molecule has 1 saturated heterocycles. The van der Waals surface area contributed by atoms with Gasteiger partial charge in [0, 0.05) is 15.1 Å². The van der Waals surface area contributed by atoms with Crippen LogP contribution in [0.3, 0.4) is 0 Å². The topological polar surface area (TPSA) is 84.9 Å². The van der Waals surface area contributed by atoms with Crippen LogP contribution in [0.2, 0.25) is 5.02 Å². The SMILES string of the molecule is O=C1NC(=O)N(c2ccc(OCc3ccc(Br)cc3)cc2)C(=O)/C1=C/c1ccccc1OCc1cccc(Cl)c1. The number of nitrogens with zero attached hydrogens (tertiary/aromatic N) is 1. The van der Waals surface area contributed by atoms with Crippen molar-refractivity contribution in [2.75, 3.05) is 4.90 Å². The molecule has 0 atom stereocenters. The molecule has 200 valence electrons. The summed E-state index contributed by atoms with van der Waals surface area (Å²) >= 11 is 9.47. The maximum atomic E-state index is 13.4. The lowest BCUT2D eigenvalue weighted by atomic mass is 10.1. The molecule has 1 N–H and O–H groups in total. The number of benzene rings is 4. The number of carbonyl (C=O) groups is 3. The van der Waals surface area contributed by atoms with Gasteiger partial charge in [-0.15, -0.1) is 0 Å². The van der Waals surface area contributed by atoms with Crippen molar-refractivity contribution in [3.05, 3.63) is 129 Å². The highest BCUT2D eigenvalue weighted by Gasteiger charge is 2.37. The summed E-state index contributed by atoms with van der Waals surface area (Å²) in [6.45, 7) is 0.595. The first-order chi connectivity index (χ1) is 19.4. The number of para-hydroxylation sites is 1. The van der Waals surface area contributed by atoms with Crippen molar-refractivity contribution in [3.63, 3.8) is 0 Å². The molecular weight excluding hydrogens is 596 g/mol. The maximum absolute atomic E-state index is 13.4. The zero-order valence-corrected chi connectivity index (χ0v) is 23.3. The fourth-order valence-electron chi connectivity index (χ4n) is 4.01. The molecule has 0 unspecified atom stereocenters. The second kappa shape index (κ2) is 12.2. The van der Waals surface area contributed by atoms with Crippen LogP contribution in [-0.2, 0) is 22.8 Å². The second-order valence-corrected chi connectivity index (χ2v) is 10.2. The average molecular weight is 618 g/mol. The summed E-state index contributed by atoms with van der Waals surface area (Å²) in [5, 5.41) is 2.84. The summed E-state index contributed by atoms with van der Waals surface area (Å²) in [6, 6.07) is 27.7. The lowest BCUT2D eigenvalue weighted by molar-refractivity contribution is -0.122. The molecule has 0 radical (unpaired) electrons. The van der Waals surface area contributed by atoms with Gasteiger partial charge in [0.25, 0.3) is 11.8 Å². The lowest BCUT2D eigenvalue weighted by Gasteiger charge is -2.26. The van der Waals surface area contributed by atoms with Crippen LogP contribution >= 0.6 is 27.5 Å². The molecule has 7 nitrogen and oxygen atoms in total. The first-order valence-corrected chi connectivity index (χ1v) is 13.4. The summed E-state index contributed by atoms with van der Waals surface area (Å²) in [6.07, 6.45) is 1.42. The number of hydrogen-bond acceptors (Lipinski definition) is 5. The Morgan fingerprint density at radius 2 is 1.52 bits per heavy atom. The molecule has 1 aliphatic rings. The molecular formula is C31H22BrClN2O5. The van der Waals surface area contributed by atoms with E-state index in [1.165, 1.54) is 6.08 Å². The van der Waals surface area contributed by atoms with Gasteiger partial charge in [-0.2, -0.15) is 0 Å². The summed E-state index contributed by atoms with van der Waals surface area (Å²) < 4.78 is 12.7. The van der Waals surface area contributed by atoms with Gasteiger partial charge in [-0.25, -0.2) is 9.69 Å². The molecule has 1 fully saturated rings. The van der Waals surface area contributed by atoms with Crippen molar-refractivity contribution in [1.29, 1.82) is 0 Å². The van der Waals surface area contributed by atoms with Crippen molar-refractivity contribution >= 4 is 57.1 Å². The molecule has 0 spiro atoms. The minimum Gasteiger partial charge on any atom is -0.489 e. The third-order valence-corrected chi connectivity index (χ3v) is 6.78. The molecule has 4 aromatic carbocycles. The van der Waals surface area contributed by atoms with E-state index >= 15 is 0 Å². The minimum absolute atomic E-state index is 0.200. The number of ether oxygens (including phenoxy) is 2. The van der Waals surface area contributed by atoms with Gasteiger partial charge in [0.05, 0.1) is 5.69 Å². The predicted molar refractivity (Wildman–Crippen MR) is 156 cm³/mol. The van der Waals surface area contributed by atoms with Gasteiger partial charge in [0.1, 0.15) is 30.3 Å². The number of barbiturate groups is 1. The molecule has 0 aliphatic carbocycles. The number of amides is 4. The lowest BCUT2D eigenvalue weighted by Crippen LogP contribution is -2.54. The van der Waals surface area contributed by atoms with E-state index in [1.54, 1.807) is 60.7 Å². The Bertz CT molecular complexity index is 1600. The van der Waals surface area contributed by atoms with E-state index in [4.69, 9.17) is 21.1 Å². The Balaban J connectivity index is 1.33. The van der Waals surface area contributed by atoms with E-state index in [0.29, 0.717) is 34.4 Å². The van der Waals surface area contributed by atoms with Crippen LogP contribution in [0.1, 0.15) is 16.7 Å². The molecule has 1 aliphatic heterocycles. The van der Waals surface area contributed by atoms with Crippen LogP contribution in [-0.4, -0.2) is 17.8 Å². The van der Waals surface area contributed by atoms with E-state index in [1.807, 2.05) is 36.4 Å². The quantitative estimate of drug-likeness (QED) is 0.171. The van der Waals surface area contributed by atoms with E-state index in [2.05, 4.69) is 21.2 Å². The first kappa shape index (κ1) is 27.2. The van der Waals surface area contributed by atoms with Crippen molar-refractivity contribution in [3.8, 4) is 11.5 Å². The largest absolute Gasteiger partial charge is 0.489 e. The third kappa shape index (κ3) is 6.42. The van der Waals surface area contributed by atoms with Gasteiger partial charge in [-0.05, 0) is 71.8 Å². The van der Waals surface area contributed by atoms with Gasteiger partial charge in [-0.3, -0.25) is 14.9 Å². The molecule has 0 aromatic heterocycles. The highest BCUT2D eigenvalue weighted by molar-refractivity contribution is 9.10. The average Bonchev–Trinajstić information content (AvgIpc) is 2.95. The van der Waals surface area contributed by atoms with E-state index < -0.39 is 17.8 Å². The fraction of sp³-hybridized carbons (Fsp3) is 0.0645. The fourth-order valence-corrected chi connectivity index (χ4v) is 4.48. The normalized spacial score (nSPS) is 14.3. The van der Waals surface area contributed by atoms with Crippen molar-refractivity contribution < 1.29 is 23.9 Å². The summed E-state index contributed by atoms with van der Waals surface area (Å²) in [4.78, 5) is 39.7. The number of imide groups is 2. The molecule has 40 heavy (non-hydrogen) atoms. The summed E-state index contributed by atoms with van der Waals surface area (Å²) in [5.41, 5.74) is 2.45. The monoisotopic (exact) mass is 616 g/mol. The molecule has 4 amide bonds. The van der Waals surface area contributed by atoms with Crippen LogP contribution in [0.15, 0.2) is 107 Å². The van der Waals surface area contributed by atoms with Crippen molar-refractivity contribution in [1.82, 2.24) is 5.32 Å². The third-order valence-electron chi connectivity index (χ3n) is 6.02. The smallest absolute Gasteiger partial charge is 0.335 e. The summed E-state index contributed by atoms with van der Waals surface area (Å²) in [5.74, 6) is -0.507. The van der Waals surface area contributed by atoms with Gasteiger partial charge in [-0.1, -0.05) is 70.0 Å². The number of carbonyl (C=O) groups excluding carboxylic acids is 3. The van der Waals surface area contributed by atoms with Gasteiger partial charge < -0.3 is 9.47 Å². The standard InChI is InChI=1S/C31H22BrClN2O5/c32-23-10-8-20(9-11-23)18-39-26-14-12-25(13-15-26)35-30(37)27(29(36)34-31(35)38)17-22-5-1-2-7-28(22)40-19-21-4-3-6-24(33)16-21/h1-17H,18-19H2,(H,34,36,38)/b27-17+. The van der Waals surface area contributed by atoms with Crippen LogP contribution in [0, 0.1) is 0 Å². The molecule has 0 bridgehead atoms. The summed E-state index contributed by atoms with van der Waals surface area (Å²) in [7, 11) is 0. The Morgan fingerprint density at radius 1 is 0.800 bits per heavy atom. The highest BCUT2D eigenvalue weighted by atomic mass is 79.9. The van der Waals surface area contributed by atoms with Crippen LogP contribution in [0.4, 0.5) is 10.5 Å². The van der Waals surface area contributed by atoms with E-state index in [0.717, 1.165) is 20.5 Å². The zero-order valence-electron chi connectivity index (χ0n) is 21.0. The van der Waals surface area contributed by atoms with Crippen LogP contribution in [0.5, 0.6) is 11.5 Å². The van der Waals surface area contributed by atoms with Crippen molar-refractivity contribution in [2.24, 2.45) is 0 Å². The number of rotatable bonds is 8. The Labute approximate surface area is 244 Å². The minimum atomic E-state index is -0.832. The van der Waals surface area contributed by atoms with Gasteiger partial charge in [0.2, 0.25) is 0 Å². The van der Waals surface area contributed by atoms with Crippen molar-refractivity contribution in [2.45, 2.75) is 13.2 Å². The molecule has 5 rings (SSSR count). The number of anilines is 1.